The third kappa shape index (κ3) is 4.40. The van der Waals surface area contributed by atoms with Crippen LogP contribution in [0.4, 0.5) is 0 Å². The molecule has 1 fully saturated rings. The molecule has 0 atom stereocenters. The smallest absolute Gasteiger partial charge is 0.306 e. The molecule has 0 heterocycles. The van der Waals surface area contributed by atoms with Crippen LogP contribution < -0.4 is 0 Å². The topological polar surface area (TPSA) is 43.4 Å². The van der Waals surface area contributed by atoms with Crippen LogP contribution >= 0.6 is 0 Å². The molecule has 80 valence electrons. The van der Waals surface area contributed by atoms with Gasteiger partial charge in [0.1, 0.15) is 5.78 Å². The molecule has 1 saturated carbocycles. The fraction of sp³-hybridized carbons (Fsp3) is 0.818. The zero-order valence-electron chi connectivity index (χ0n) is 8.75. The van der Waals surface area contributed by atoms with E-state index in [1.54, 1.807) is 0 Å². The summed E-state index contributed by atoms with van der Waals surface area (Å²) >= 11 is 0. The maximum absolute atomic E-state index is 11.2. The number of ketones is 1. The molecule has 0 amide bonds. The molecule has 0 spiro atoms. The Kier molecular flexibility index (Phi) is 4.63. The van der Waals surface area contributed by atoms with Gasteiger partial charge in [0.15, 0.2) is 0 Å². The van der Waals surface area contributed by atoms with Crippen LogP contribution in [0.2, 0.25) is 0 Å². The van der Waals surface area contributed by atoms with E-state index >= 15 is 0 Å². The Balaban J connectivity index is 1.99. The number of hydrogen-bond donors (Lipinski definition) is 0. The Morgan fingerprint density at radius 2 is 2.00 bits per heavy atom. The zero-order chi connectivity index (χ0) is 10.4. The van der Waals surface area contributed by atoms with Gasteiger partial charge in [-0.05, 0) is 19.3 Å². The molecule has 0 radical (unpaired) electrons. The second kappa shape index (κ2) is 5.78. The highest BCUT2D eigenvalue weighted by Crippen LogP contribution is 2.31. The van der Waals surface area contributed by atoms with Crippen LogP contribution in [-0.4, -0.2) is 18.4 Å². The number of ether oxygens (including phenoxy) is 1. The quantitative estimate of drug-likeness (QED) is 0.464. The Morgan fingerprint density at radius 1 is 1.29 bits per heavy atom. The van der Waals surface area contributed by atoms with Gasteiger partial charge in [-0.3, -0.25) is 9.59 Å². The summed E-state index contributed by atoms with van der Waals surface area (Å²) in [7, 11) is 0. The Hall–Kier alpha value is -0.860. The lowest BCUT2D eigenvalue weighted by molar-refractivity contribution is -0.145. The van der Waals surface area contributed by atoms with Gasteiger partial charge in [-0.1, -0.05) is 13.3 Å². The van der Waals surface area contributed by atoms with Crippen LogP contribution in [0.1, 0.15) is 45.4 Å². The second-order valence-electron chi connectivity index (χ2n) is 3.81. The average Bonchev–Trinajstić information content (AvgIpc) is 2.98. The SMILES string of the molecule is CCCCOC(=O)CCC(=O)C1CC1. The summed E-state index contributed by atoms with van der Waals surface area (Å²) < 4.78 is 4.94. The largest absolute Gasteiger partial charge is 0.466 e. The second-order valence-corrected chi connectivity index (χ2v) is 3.81. The van der Waals surface area contributed by atoms with E-state index in [2.05, 4.69) is 0 Å². The summed E-state index contributed by atoms with van der Waals surface area (Å²) in [5.74, 6) is 0.267. The number of rotatable bonds is 7. The van der Waals surface area contributed by atoms with Crippen LogP contribution in [0.3, 0.4) is 0 Å². The molecule has 3 heteroatoms. The lowest BCUT2D eigenvalue weighted by Gasteiger charge is -2.02. The van der Waals surface area contributed by atoms with Crippen molar-refractivity contribution in [3.05, 3.63) is 0 Å². The van der Waals surface area contributed by atoms with Gasteiger partial charge >= 0.3 is 5.97 Å². The van der Waals surface area contributed by atoms with Gasteiger partial charge in [-0.25, -0.2) is 0 Å². The summed E-state index contributed by atoms with van der Waals surface area (Å²) in [4.78, 5) is 22.3. The lowest BCUT2D eigenvalue weighted by atomic mass is 10.1. The van der Waals surface area contributed by atoms with Crippen LogP contribution in [0.25, 0.3) is 0 Å². The maximum atomic E-state index is 11.2. The fourth-order valence-electron chi connectivity index (χ4n) is 1.24. The maximum Gasteiger partial charge on any atom is 0.306 e. The molecular formula is C11H18O3. The van der Waals surface area contributed by atoms with E-state index < -0.39 is 0 Å². The molecule has 0 aromatic rings. The predicted octanol–water partition coefficient (Wildman–Crippen LogP) is 2.09. The minimum absolute atomic E-state index is 0.229. The summed E-state index contributed by atoms with van der Waals surface area (Å²) in [5, 5.41) is 0. The van der Waals surface area contributed by atoms with Crippen molar-refractivity contribution in [2.24, 2.45) is 5.92 Å². The first-order chi connectivity index (χ1) is 6.74. The minimum atomic E-state index is -0.229. The monoisotopic (exact) mass is 198 g/mol. The first-order valence-electron chi connectivity index (χ1n) is 5.42. The molecule has 1 rings (SSSR count). The predicted molar refractivity (Wildman–Crippen MR) is 52.8 cm³/mol. The standard InChI is InChI=1S/C11H18O3/c1-2-3-8-14-11(13)7-6-10(12)9-4-5-9/h9H,2-8H2,1H3. The summed E-state index contributed by atoms with van der Waals surface area (Å²) in [6.45, 7) is 2.54. The van der Waals surface area contributed by atoms with E-state index in [1.165, 1.54) is 0 Å². The molecule has 0 unspecified atom stereocenters. The summed E-state index contributed by atoms with van der Waals surface area (Å²) in [6.07, 6.45) is 4.60. The molecule has 1 aliphatic rings. The van der Waals surface area contributed by atoms with Crippen molar-refractivity contribution in [3.63, 3.8) is 0 Å². The van der Waals surface area contributed by atoms with E-state index in [9.17, 15) is 9.59 Å². The van der Waals surface area contributed by atoms with E-state index in [0.717, 1.165) is 25.7 Å². The number of esters is 1. The van der Waals surface area contributed by atoms with Crippen molar-refractivity contribution in [2.75, 3.05) is 6.61 Å². The third-order valence-electron chi connectivity index (χ3n) is 2.37. The first kappa shape index (κ1) is 11.2. The highest BCUT2D eigenvalue weighted by Gasteiger charge is 2.29. The van der Waals surface area contributed by atoms with Gasteiger partial charge in [0.05, 0.1) is 13.0 Å². The van der Waals surface area contributed by atoms with Crippen molar-refractivity contribution < 1.29 is 14.3 Å². The Labute approximate surface area is 84.8 Å². The number of carbonyl (C=O) groups is 2. The molecular weight excluding hydrogens is 180 g/mol. The molecule has 0 aromatic carbocycles. The molecule has 0 N–H and O–H groups in total. The van der Waals surface area contributed by atoms with Crippen molar-refractivity contribution >= 4 is 11.8 Å². The molecule has 0 saturated heterocycles. The molecule has 1 aliphatic carbocycles. The average molecular weight is 198 g/mol. The molecule has 14 heavy (non-hydrogen) atoms. The summed E-state index contributed by atoms with van der Waals surface area (Å²) in [5.41, 5.74) is 0. The van der Waals surface area contributed by atoms with Crippen molar-refractivity contribution in [1.82, 2.24) is 0 Å². The lowest BCUT2D eigenvalue weighted by Crippen LogP contribution is -2.09. The minimum Gasteiger partial charge on any atom is -0.466 e. The number of carbonyl (C=O) groups excluding carboxylic acids is 2. The van der Waals surface area contributed by atoms with Crippen LogP contribution in [0, 0.1) is 5.92 Å². The van der Waals surface area contributed by atoms with Gasteiger partial charge in [0.2, 0.25) is 0 Å². The Bertz CT molecular complexity index is 207. The van der Waals surface area contributed by atoms with Gasteiger partial charge in [-0.2, -0.15) is 0 Å². The number of unbranched alkanes of at least 4 members (excludes halogenated alkanes) is 1. The van der Waals surface area contributed by atoms with E-state index in [4.69, 9.17) is 4.74 Å². The molecule has 0 aliphatic heterocycles. The Morgan fingerprint density at radius 3 is 2.57 bits per heavy atom. The molecule has 3 nitrogen and oxygen atoms in total. The van der Waals surface area contributed by atoms with E-state index in [0.29, 0.717) is 13.0 Å². The summed E-state index contributed by atoms with van der Waals surface area (Å²) in [6, 6.07) is 0. The third-order valence-corrected chi connectivity index (χ3v) is 2.37. The van der Waals surface area contributed by atoms with Gasteiger partial charge < -0.3 is 4.74 Å². The van der Waals surface area contributed by atoms with Gasteiger partial charge in [-0.15, -0.1) is 0 Å². The van der Waals surface area contributed by atoms with E-state index in [1.807, 2.05) is 6.92 Å². The van der Waals surface area contributed by atoms with Crippen molar-refractivity contribution in [2.45, 2.75) is 45.4 Å². The van der Waals surface area contributed by atoms with Crippen LogP contribution in [0.5, 0.6) is 0 Å². The fourth-order valence-corrected chi connectivity index (χ4v) is 1.24. The normalized spacial score (nSPS) is 15.2. The van der Waals surface area contributed by atoms with Crippen molar-refractivity contribution in [1.29, 1.82) is 0 Å². The van der Waals surface area contributed by atoms with Gasteiger partial charge in [0, 0.05) is 12.3 Å². The van der Waals surface area contributed by atoms with Crippen molar-refractivity contribution in [3.8, 4) is 0 Å². The zero-order valence-corrected chi connectivity index (χ0v) is 8.75. The molecule has 0 bridgehead atoms. The highest BCUT2D eigenvalue weighted by molar-refractivity contribution is 5.86. The van der Waals surface area contributed by atoms with Crippen LogP contribution in [0.15, 0.2) is 0 Å². The highest BCUT2D eigenvalue weighted by atomic mass is 16.5. The number of hydrogen-bond acceptors (Lipinski definition) is 3. The number of Topliss-reactive ketones (excluding diaryl/α,β-unsaturated/α-hetero) is 1. The van der Waals surface area contributed by atoms with Crippen LogP contribution in [-0.2, 0) is 14.3 Å². The van der Waals surface area contributed by atoms with E-state index in [-0.39, 0.29) is 24.1 Å². The first-order valence-corrected chi connectivity index (χ1v) is 5.42. The van der Waals surface area contributed by atoms with Gasteiger partial charge in [0.25, 0.3) is 0 Å². The molecule has 0 aromatic heterocycles.